The monoisotopic (exact) mass is 238 g/mol. The lowest BCUT2D eigenvalue weighted by Crippen LogP contribution is -2.35. The molecule has 0 amide bonds. The molecule has 1 aliphatic heterocycles. The molecule has 0 saturated heterocycles. The smallest absolute Gasteiger partial charge is 0.156 e. The molecule has 16 heavy (non-hydrogen) atoms. The van der Waals surface area contributed by atoms with Crippen LogP contribution in [-0.4, -0.2) is 24.0 Å². The van der Waals surface area contributed by atoms with E-state index in [2.05, 4.69) is 12.2 Å². The molecule has 0 aromatic carbocycles. The summed E-state index contributed by atoms with van der Waals surface area (Å²) < 4.78 is 0. The maximum Gasteiger partial charge on any atom is 0.156 e. The second-order valence-electron chi connectivity index (χ2n) is 6.28. The van der Waals surface area contributed by atoms with E-state index in [1.807, 2.05) is 11.8 Å². The number of thioether (sulfide) groups is 1. The first-order valence-electron chi connectivity index (χ1n) is 6.61. The van der Waals surface area contributed by atoms with Gasteiger partial charge in [0.25, 0.3) is 0 Å². The van der Waals surface area contributed by atoms with Gasteiger partial charge in [-0.1, -0.05) is 31.5 Å². The molecule has 2 nitrogen and oxygen atoms in total. The Labute approximate surface area is 103 Å². The molecule has 1 spiro atoms. The third-order valence-corrected chi connectivity index (χ3v) is 5.81. The fraction of sp³-hybridized carbons (Fsp3) is 0.923. The summed E-state index contributed by atoms with van der Waals surface area (Å²) in [7, 11) is 0. The van der Waals surface area contributed by atoms with Crippen LogP contribution in [-0.2, 0) is 0 Å². The summed E-state index contributed by atoms with van der Waals surface area (Å²) in [4.78, 5) is 4.76. The van der Waals surface area contributed by atoms with Crippen molar-refractivity contribution >= 4 is 16.9 Å². The molecule has 0 aromatic rings. The average molecular weight is 238 g/mol. The zero-order valence-corrected chi connectivity index (χ0v) is 11.0. The molecule has 1 N–H and O–H groups in total. The highest BCUT2D eigenvalue weighted by molar-refractivity contribution is 8.13. The third-order valence-electron chi connectivity index (χ3n) is 4.51. The van der Waals surface area contributed by atoms with Crippen molar-refractivity contribution in [3.05, 3.63) is 0 Å². The Hall–Kier alpha value is -0.180. The predicted molar refractivity (Wildman–Crippen MR) is 71.0 cm³/mol. The van der Waals surface area contributed by atoms with E-state index >= 15 is 0 Å². The van der Waals surface area contributed by atoms with Crippen LogP contribution in [0.4, 0.5) is 0 Å². The van der Waals surface area contributed by atoms with Gasteiger partial charge in [0.2, 0.25) is 0 Å². The largest absolute Gasteiger partial charge is 0.364 e. The summed E-state index contributed by atoms with van der Waals surface area (Å²) >= 11 is 1.97. The first kappa shape index (κ1) is 10.9. The van der Waals surface area contributed by atoms with Crippen LogP contribution in [0.5, 0.6) is 0 Å². The van der Waals surface area contributed by atoms with Crippen LogP contribution in [0.25, 0.3) is 0 Å². The number of hydrogen-bond acceptors (Lipinski definition) is 3. The summed E-state index contributed by atoms with van der Waals surface area (Å²) in [6.07, 6.45) is 8.46. The number of nitrogens with zero attached hydrogens (tertiary/aromatic N) is 1. The van der Waals surface area contributed by atoms with Crippen LogP contribution in [0, 0.1) is 10.8 Å². The quantitative estimate of drug-likeness (QED) is 0.799. The highest BCUT2D eigenvalue weighted by atomic mass is 32.2. The Kier molecular flexibility index (Phi) is 2.69. The van der Waals surface area contributed by atoms with Gasteiger partial charge < -0.3 is 5.32 Å². The summed E-state index contributed by atoms with van der Waals surface area (Å²) in [6, 6.07) is 0. The van der Waals surface area contributed by atoms with Gasteiger partial charge in [-0.2, -0.15) is 0 Å². The number of amidine groups is 1. The summed E-state index contributed by atoms with van der Waals surface area (Å²) in [5, 5.41) is 4.76. The average Bonchev–Trinajstić information content (AvgIpc) is 2.87. The summed E-state index contributed by atoms with van der Waals surface area (Å²) in [5.74, 6) is 1.30. The van der Waals surface area contributed by atoms with E-state index in [0.717, 1.165) is 13.1 Å². The van der Waals surface area contributed by atoms with Gasteiger partial charge in [-0.15, -0.1) is 0 Å². The van der Waals surface area contributed by atoms with Crippen molar-refractivity contribution in [1.82, 2.24) is 5.32 Å². The topological polar surface area (TPSA) is 24.4 Å². The lowest BCUT2D eigenvalue weighted by molar-refractivity contribution is 0.358. The molecule has 2 fully saturated rings. The molecule has 2 aliphatic carbocycles. The lowest BCUT2D eigenvalue weighted by Gasteiger charge is -2.31. The van der Waals surface area contributed by atoms with Crippen molar-refractivity contribution in [1.29, 1.82) is 0 Å². The number of nitrogens with one attached hydrogen (secondary N) is 1. The van der Waals surface area contributed by atoms with E-state index < -0.39 is 0 Å². The van der Waals surface area contributed by atoms with Crippen molar-refractivity contribution in [3.8, 4) is 0 Å². The molecule has 0 aromatic heterocycles. The second-order valence-corrected chi connectivity index (χ2v) is 7.25. The number of rotatable bonds is 2. The Balaban J connectivity index is 1.52. The van der Waals surface area contributed by atoms with Crippen molar-refractivity contribution in [3.63, 3.8) is 0 Å². The Morgan fingerprint density at radius 2 is 2.00 bits per heavy atom. The molecule has 0 bridgehead atoms. The molecule has 90 valence electrons. The van der Waals surface area contributed by atoms with Crippen LogP contribution in [0.1, 0.15) is 45.4 Å². The van der Waals surface area contributed by atoms with E-state index in [1.54, 1.807) is 0 Å². The minimum absolute atomic E-state index is 0.583. The zero-order valence-electron chi connectivity index (χ0n) is 10.2. The van der Waals surface area contributed by atoms with Gasteiger partial charge in [-0.25, -0.2) is 0 Å². The van der Waals surface area contributed by atoms with Gasteiger partial charge >= 0.3 is 0 Å². The minimum atomic E-state index is 0.583. The predicted octanol–water partition coefficient (Wildman–Crippen LogP) is 3.04. The van der Waals surface area contributed by atoms with E-state index in [0.29, 0.717) is 10.8 Å². The van der Waals surface area contributed by atoms with Gasteiger partial charge in [0.05, 0.1) is 0 Å². The standard InChI is InChI=1S/C13H22N2S/c1-12(6-7-12)8-14-11-15-9-13(10-16-11)4-2-3-5-13/h2-10H2,1H3,(H,14,15). The van der Waals surface area contributed by atoms with Gasteiger partial charge in [-0.3, -0.25) is 4.99 Å². The van der Waals surface area contributed by atoms with Gasteiger partial charge in [0.1, 0.15) is 0 Å². The van der Waals surface area contributed by atoms with Crippen molar-refractivity contribution in [2.45, 2.75) is 45.4 Å². The van der Waals surface area contributed by atoms with Crippen LogP contribution < -0.4 is 5.32 Å². The molecule has 0 unspecified atom stereocenters. The van der Waals surface area contributed by atoms with Gasteiger partial charge in [0, 0.05) is 18.8 Å². The van der Waals surface area contributed by atoms with Crippen LogP contribution in [0.2, 0.25) is 0 Å². The van der Waals surface area contributed by atoms with Crippen LogP contribution >= 0.6 is 11.8 Å². The summed E-state index contributed by atoms with van der Waals surface area (Å²) in [6.45, 7) is 4.58. The Morgan fingerprint density at radius 3 is 2.56 bits per heavy atom. The number of hydrogen-bond donors (Lipinski definition) is 1. The molecule has 3 heteroatoms. The van der Waals surface area contributed by atoms with Crippen molar-refractivity contribution < 1.29 is 0 Å². The zero-order chi connectivity index (χ0) is 11.1. The Morgan fingerprint density at radius 1 is 1.25 bits per heavy atom. The van der Waals surface area contributed by atoms with Crippen LogP contribution in [0.15, 0.2) is 4.99 Å². The van der Waals surface area contributed by atoms with E-state index in [9.17, 15) is 0 Å². The molecule has 0 atom stereocenters. The fourth-order valence-corrected chi connectivity index (χ4v) is 3.92. The molecule has 3 aliphatic rings. The molecule has 2 saturated carbocycles. The van der Waals surface area contributed by atoms with Gasteiger partial charge in [-0.05, 0) is 36.5 Å². The van der Waals surface area contributed by atoms with E-state index in [-0.39, 0.29) is 0 Å². The molecular weight excluding hydrogens is 216 g/mol. The van der Waals surface area contributed by atoms with Crippen molar-refractivity contribution in [2.24, 2.45) is 15.8 Å². The Bertz CT molecular complexity index is 301. The minimum Gasteiger partial charge on any atom is -0.364 e. The van der Waals surface area contributed by atoms with Gasteiger partial charge in [0.15, 0.2) is 5.17 Å². The molecular formula is C13H22N2S. The van der Waals surface area contributed by atoms with E-state index in [4.69, 9.17) is 4.99 Å². The maximum absolute atomic E-state index is 4.76. The lowest BCUT2D eigenvalue weighted by atomic mass is 9.89. The molecule has 0 radical (unpaired) electrons. The fourth-order valence-electron chi connectivity index (χ4n) is 2.77. The first-order valence-corrected chi connectivity index (χ1v) is 7.60. The maximum atomic E-state index is 4.76. The normalized spacial score (nSPS) is 30.2. The molecule has 1 heterocycles. The van der Waals surface area contributed by atoms with Crippen LogP contribution in [0.3, 0.4) is 0 Å². The summed E-state index contributed by atoms with van der Waals surface area (Å²) in [5.41, 5.74) is 1.17. The molecule has 3 rings (SSSR count). The third kappa shape index (κ3) is 2.24. The first-order chi connectivity index (χ1) is 7.70. The van der Waals surface area contributed by atoms with E-state index in [1.165, 1.54) is 49.4 Å². The SMILES string of the molecule is CC1(CNC2=NCC3(CCCC3)CS2)CC1. The number of aliphatic imine (C=N–C) groups is 1. The highest BCUT2D eigenvalue weighted by Gasteiger charge is 2.39. The highest BCUT2D eigenvalue weighted by Crippen LogP contribution is 2.45. The second kappa shape index (κ2) is 3.94. The van der Waals surface area contributed by atoms with Crippen molar-refractivity contribution in [2.75, 3.05) is 18.8 Å².